The van der Waals surface area contributed by atoms with Crippen molar-refractivity contribution in [3.8, 4) is 11.3 Å². The zero-order valence-electron chi connectivity index (χ0n) is 20.3. The van der Waals surface area contributed by atoms with Crippen molar-refractivity contribution >= 4 is 28.7 Å². The molecule has 1 N–H and O–H groups in total. The monoisotopic (exact) mass is 489 g/mol. The summed E-state index contributed by atoms with van der Waals surface area (Å²) in [4.78, 5) is 18.1. The molecule has 9 heteroatoms. The molecule has 0 atom stereocenters. The molecule has 0 spiro atoms. The fourth-order valence-corrected chi connectivity index (χ4v) is 5.49. The van der Waals surface area contributed by atoms with Crippen molar-refractivity contribution in [2.45, 2.75) is 63.2 Å². The van der Waals surface area contributed by atoms with Crippen LogP contribution in [0.1, 0.15) is 61.3 Å². The van der Waals surface area contributed by atoms with E-state index in [1.165, 1.54) is 25.7 Å². The van der Waals surface area contributed by atoms with Crippen LogP contribution >= 0.6 is 11.8 Å². The first kappa shape index (κ1) is 23.5. The zero-order chi connectivity index (χ0) is 24.2. The molecule has 1 aliphatic rings. The molecule has 8 nitrogen and oxygen atoms in total. The van der Waals surface area contributed by atoms with E-state index >= 15 is 0 Å². The molecule has 3 heterocycles. The van der Waals surface area contributed by atoms with Gasteiger partial charge in [0.1, 0.15) is 5.82 Å². The van der Waals surface area contributed by atoms with Crippen molar-refractivity contribution in [2.24, 2.45) is 0 Å². The fraction of sp³-hybridized carbons (Fsp3) is 0.423. The summed E-state index contributed by atoms with van der Waals surface area (Å²) < 4.78 is 4.16. The minimum atomic E-state index is -0.104. The second kappa shape index (κ2) is 10.6. The van der Waals surface area contributed by atoms with Gasteiger partial charge in [-0.1, -0.05) is 54.9 Å². The SMILES string of the molecule is CCn1ncc2c(C(=O)NCCCc3nnc(SC)n3C3CCCC3)cc(-c3ccccc3)nc21. The third-order valence-corrected chi connectivity index (χ3v) is 7.34. The van der Waals surface area contributed by atoms with E-state index in [0.717, 1.165) is 46.1 Å². The van der Waals surface area contributed by atoms with Crippen molar-refractivity contribution < 1.29 is 4.79 Å². The van der Waals surface area contributed by atoms with Crippen LogP contribution in [-0.4, -0.2) is 48.2 Å². The van der Waals surface area contributed by atoms with Gasteiger partial charge in [-0.25, -0.2) is 9.67 Å². The number of amides is 1. The predicted molar refractivity (Wildman–Crippen MR) is 139 cm³/mol. The highest BCUT2D eigenvalue weighted by molar-refractivity contribution is 7.98. The van der Waals surface area contributed by atoms with Crippen LogP contribution in [0.4, 0.5) is 0 Å². The van der Waals surface area contributed by atoms with E-state index < -0.39 is 0 Å². The van der Waals surface area contributed by atoms with E-state index in [1.807, 2.05) is 48.0 Å². The summed E-state index contributed by atoms with van der Waals surface area (Å²) in [6.45, 7) is 3.28. The number of thioether (sulfide) groups is 1. The highest BCUT2D eigenvalue weighted by Crippen LogP contribution is 2.33. The number of nitrogens with zero attached hydrogens (tertiary/aromatic N) is 6. The summed E-state index contributed by atoms with van der Waals surface area (Å²) in [6, 6.07) is 12.3. The number of hydrogen-bond acceptors (Lipinski definition) is 6. The lowest BCUT2D eigenvalue weighted by atomic mass is 10.1. The van der Waals surface area contributed by atoms with Gasteiger partial charge in [-0.05, 0) is 38.5 Å². The van der Waals surface area contributed by atoms with Crippen LogP contribution in [0.25, 0.3) is 22.3 Å². The second-order valence-electron chi connectivity index (χ2n) is 8.89. The van der Waals surface area contributed by atoms with Gasteiger partial charge >= 0.3 is 0 Å². The third kappa shape index (κ3) is 4.82. The van der Waals surface area contributed by atoms with E-state index in [-0.39, 0.29) is 5.91 Å². The number of pyridine rings is 1. The maximum atomic E-state index is 13.3. The van der Waals surface area contributed by atoms with Crippen LogP contribution < -0.4 is 5.32 Å². The molecule has 1 fully saturated rings. The number of carbonyl (C=O) groups excluding carboxylic acids is 1. The summed E-state index contributed by atoms with van der Waals surface area (Å²) in [5.41, 5.74) is 3.08. The third-order valence-electron chi connectivity index (χ3n) is 6.69. The normalized spacial score (nSPS) is 14.1. The lowest BCUT2D eigenvalue weighted by molar-refractivity contribution is 0.0954. The van der Waals surface area contributed by atoms with Crippen molar-refractivity contribution in [1.82, 2.24) is 34.8 Å². The predicted octanol–water partition coefficient (Wildman–Crippen LogP) is 4.91. The number of benzene rings is 1. The first-order valence-electron chi connectivity index (χ1n) is 12.4. The Kier molecular flexibility index (Phi) is 7.13. The summed E-state index contributed by atoms with van der Waals surface area (Å²) in [5.74, 6) is 0.921. The van der Waals surface area contributed by atoms with Gasteiger partial charge in [-0.15, -0.1) is 10.2 Å². The minimum absolute atomic E-state index is 0.104. The van der Waals surface area contributed by atoms with Gasteiger partial charge in [-0.2, -0.15) is 5.10 Å². The molecule has 0 unspecified atom stereocenters. The van der Waals surface area contributed by atoms with Gasteiger partial charge in [0.05, 0.1) is 22.8 Å². The van der Waals surface area contributed by atoms with E-state index in [0.29, 0.717) is 24.7 Å². The molecule has 3 aromatic heterocycles. The first-order chi connectivity index (χ1) is 17.2. The molecule has 1 amide bonds. The Bertz CT molecular complexity index is 1310. The van der Waals surface area contributed by atoms with Crippen LogP contribution in [0, 0.1) is 0 Å². The van der Waals surface area contributed by atoms with Crippen LogP contribution in [-0.2, 0) is 13.0 Å². The number of rotatable bonds is 9. The number of hydrogen-bond donors (Lipinski definition) is 1. The molecule has 182 valence electrons. The molecular formula is C26H31N7OS. The maximum Gasteiger partial charge on any atom is 0.252 e. The largest absolute Gasteiger partial charge is 0.352 e. The van der Waals surface area contributed by atoms with Gasteiger partial charge in [0.2, 0.25) is 0 Å². The minimum Gasteiger partial charge on any atom is -0.352 e. The zero-order valence-corrected chi connectivity index (χ0v) is 21.1. The van der Waals surface area contributed by atoms with E-state index in [2.05, 4.69) is 31.4 Å². The van der Waals surface area contributed by atoms with Crippen LogP contribution in [0.15, 0.2) is 47.8 Å². The maximum absolute atomic E-state index is 13.3. The number of aromatic nitrogens is 6. The number of carbonyl (C=O) groups is 1. The summed E-state index contributed by atoms with van der Waals surface area (Å²) in [7, 11) is 0. The topological polar surface area (TPSA) is 90.5 Å². The second-order valence-corrected chi connectivity index (χ2v) is 9.66. The van der Waals surface area contributed by atoms with Gasteiger partial charge < -0.3 is 9.88 Å². The quantitative estimate of drug-likeness (QED) is 0.265. The van der Waals surface area contributed by atoms with Gasteiger partial charge in [-0.3, -0.25) is 4.79 Å². The average molecular weight is 490 g/mol. The standard InChI is InChI=1S/C26H31N7OS/c1-3-32-24-21(17-28-32)20(16-22(29-24)18-10-5-4-6-11-18)25(34)27-15-9-14-23-30-31-26(35-2)33(23)19-12-7-8-13-19/h4-6,10-11,16-17,19H,3,7-9,12-15H2,1-2H3,(H,27,34). The van der Waals surface area contributed by atoms with E-state index in [4.69, 9.17) is 4.98 Å². The average Bonchev–Trinajstić information content (AvgIpc) is 3.65. The summed E-state index contributed by atoms with van der Waals surface area (Å²) in [5, 5.41) is 18.2. The van der Waals surface area contributed by atoms with E-state index in [1.54, 1.807) is 18.0 Å². The molecule has 0 radical (unpaired) electrons. The first-order valence-corrected chi connectivity index (χ1v) is 13.6. The van der Waals surface area contributed by atoms with Crippen LogP contribution in [0.3, 0.4) is 0 Å². The Morgan fingerprint density at radius 3 is 2.71 bits per heavy atom. The molecule has 1 aliphatic carbocycles. The Hall–Kier alpha value is -3.20. The molecule has 4 aromatic rings. The lowest BCUT2D eigenvalue weighted by Crippen LogP contribution is -2.25. The Labute approximate surface area is 209 Å². The van der Waals surface area contributed by atoms with Crippen molar-refractivity contribution in [2.75, 3.05) is 12.8 Å². The van der Waals surface area contributed by atoms with Gasteiger partial charge in [0.25, 0.3) is 5.91 Å². The van der Waals surface area contributed by atoms with E-state index in [9.17, 15) is 4.79 Å². The van der Waals surface area contributed by atoms with Gasteiger partial charge in [0, 0.05) is 31.1 Å². The van der Waals surface area contributed by atoms with Gasteiger partial charge in [0.15, 0.2) is 10.8 Å². The summed E-state index contributed by atoms with van der Waals surface area (Å²) >= 11 is 1.65. The van der Waals surface area contributed by atoms with Crippen molar-refractivity contribution in [3.63, 3.8) is 0 Å². The number of nitrogens with one attached hydrogen (secondary N) is 1. The Balaban J connectivity index is 1.31. The summed E-state index contributed by atoms with van der Waals surface area (Å²) in [6.07, 6.45) is 10.3. The highest BCUT2D eigenvalue weighted by Gasteiger charge is 2.23. The highest BCUT2D eigenvalue weighted by atomic mass is 32.2. The fourth-order valence-electron chi connectivity index (χ4n) is 4.91. The van der Waals surface area contributed by atoms with Crippen molar-refractivity contribution in [1.29, 1.82) is 0 Å². The lowest BCUT2D eigenvalue weighted by Gasteiger charge is -2.16. The Morgan fingerprint density at radius 1 is 1.17 bits per heavy atom. The van der Waals surface area contributed by atoms with Crippen molar-refractivity contribution in [3.05, 3.63) is 54.0 Å². The molecule has 0 bridgehead atoms. The molecule has 1 saturated carbocycles. The van der Waals surface area contributed by atoms with Crippen LogP contribution in [0.2, 0.25) is 0 Å². The molecule has 0 aliphatic heterocycles. The number of fused-ring (bicyclic) bond motifs is 1. The molecule has 0 saturated heterocycles. The molecule has 5 rings (SSSR count). The van der Waals surface area contributed by atoms with Crippen LogP contribution in [0.5, 0.6) is 0 Å². The molecular weight excluding hydrogens is 458 g/mol. The smallest absolute Gasteiger partial charge is 0.252 e. The molecule has 35 heavy (non-hydrogen) atoms. The molecule has 1 aromatic carbocycles. The number of aryl methyl sites for hydroxylation is 2. The Morgan fingerprint density at radius 2 is 1.97 bits per heavy atom.